The SMILES string of the molecule is [CH2]CC(O)(CC)c1cn(-c2ccc(C)cc2)c2ccccc12. The van der Waals surface area contributed by atoms with E-state index in [4.69, 9.17) is 0 Å². The molecule has 0 fully saturated rings. The van der Waals surface area contributed by atoms with Crippen LogP contribution in [0.25, 0.3) is 16.6 Å². The second-order valence-electron chi connectivity index (χ2n) is 5.90. The van der Waals surface area contributed by atoms with E-state index in [-0.39, 0.29) is 0 Å². The molecule has 3 rings (SSSR count). The van der Waals surface area contributed by atoms with E-state index >= 15 is 0 Å². The summed E-state index contributed by atoms with van der Waals surface area (Å²) in [6.07, 6.45) is 3.17. The Kier molecular flexibility index (Phi) is 3.79. The number of aryl methyl sites for hydroxylation is 1. The second-order valence-corrected chi connectivity index (χ2v) is 5.90. The summed E-state index contributed by atoms with van der Waals surface area (Å²) in [5.74, 6) is 0. The lowest BCUT2D eigenvalue weighted by atomic mass is 9.88. The van der Waals surface area contributed by atoms with Gasteiger partial charge in [-0.15, -0.1) is 0 Å². The fourth-order valence-corrected chi connectivity index (χ4v) is 2.97. The maximum Gasteiger partial charge on any atom is 0.0914 e. The molecule has 1 atom stereocenters. The third kappa shape index (κ3) is 2.34. The van der Waals surface area contributed by atoms with Gasteiger partial charge in [0, 0.05) is 22.8 Å². The van der Waals surface area contributed by atoms with Gasteiger partial charge >= 0.3 is 0 Å². The Morgan fingerprint density at radius 3 is 2.41 bits per heavy atom. The van der Waals surface area contributed by atoms with Gasteiger partial charge in [0.1, 0.15) is 0 Å². The van der Waals surface area contributed by atoms with Crippen molar-refractivity contribution in [2.75, 3.05) is 0 Å². The van der Waals surface area contributed by atoms with Crippen molar-refractivity contribution in [2.45, 2.75) is 32.3 Å². The third-order valence-electron chi connectivity index (χ3n) is 4.52. The van der Waals surface area contributed by atoms with E-state index < -0.39 is 5.60 Å². The van der Waals surface area contributed by atoms with Crippen molar-refractivity contribution < 1.29 is 5.11 Å². The highest BCUT2D eigenvalue weighted by molar-refractivity contribution is 5.86. The molecule has 113 valence electrons. The summed E-state index contributed by atoms with van der Waals surface area (Å²) < 4.78 is 2.15. The number of benzene rings is 2. The van der Waals surface area contributed by atoms with Crippen molar-refractivity contribution in [1.82, 2.24) is 4.57 Å². The minimum absolute atomic E-state index is 0.464. The van der Waals surface area contributed by atoms with E-state index in [1.54, 1.807) is 0 Å². The molecule has 2 aromatic carbocycles. The second kappa shape index (κ2) is 5.62. The lowest BCUT2D eigenvalue weighted by Crippen LogP contribution is -2.23. The molecule has 0 amide bonds. The Hall–Kier alpha value is -2.06. The molecule has 1 aromatic heterocycles. The first-order chi connectivity index (χ1) is 10.6. The molecule has 1 heterocycles. The van der Waals surface area contributed by atoms with E-state index in [2.05, 4.69) is 61.0 Å². The Morgan fingerprint density at radius 1 is 1.09 bits per heavy atom. The van der Waals surface area contributed by atoms with Crippen molar-refractivity contribution in [3.8, 4) is 5.69 Å². The van der Waals surface area contributed by atoms with Crippen molar-refractivity contribution in [3.05, 3.63) is 72.8 Å². The lowest BCUT2D eigenvalue weighted by Gasteiger charge is -2.24. The Morgan fingerprint density at radius 2 is 1.77 bits per heavy atom. The van der Waals surface area contributed by atoms with Crippen LogP contribution in [0.15, 0.2) is 54.7 Å². The van der Waals surface area contributed by atoms with Gasteiger partial charge in [-0.2, -0.15) is 0 Å². The molecule has 0 saturated heterocycles. The van der Waals surface area contributed by atoms with Gasteiger partial charge in [0.15, 0.2) is 0 Å². The van der Waals surface area contributed by atoms with Crippen LogP contribution in [0, 0.1) is 13.8 Å². The first-order valence-electron chi connectivity index (χ1n) is 7.78. The van der Waals surface area contributed by atoms with Crippen LogP contribution in [0.1, 0.15) is 30.9 Å². The number of aromatic nitrogens is 1. The molecule has 2 heteroatoms. The van der Waals surface area contributed by atoms with E-state index in [0.717, 1.165) is 22.2 Å². The molecule has 22 heavy (non-hydrogen) atoms. The number of nitrogens with zero attached hydrogens (tertiary/aromatic N) is 1. The summed E-state index contributed by atoms with van der Waals surface area (Å²) in [6.45, 7) is 8.03. The zero-order chi connectivity index (χ0) is 15.7. The van der Waals surface area contributed by atoms with Gasteiger partial charge in [0.05, 0.1) is 11.1 Å². The van der Waals surface area contributed by atoms with Gasteiger partial charge in [0.25, 0.3) is 0 Å². The van der Waals surface area contributed by atoms with Gasteiger partial charge in [-0.25, -0.2) is 0 Å². The minimum atomic E-state index is -0.879. The van der Waals surface area contributed by atoms with Crippen LogP contribution in [-0.2, 0) is 5.60 Å². The van der Waals surface area contributed by atoms with Gasteiger partial charge in [-0.3, -0.25) is 0 Å². The average molecular weight is 292 g/mol. The molecule has 1 unspecified atom stereocenters. The number of hydrogen-bond donors (Lipinski definition) is 1. The molecule has 0 aliphatic carbocycles. The van der Waals surface area contributed by atoms with E-state index in [1.165, 1.54) is 5.56 Å². The van der Waals surface area contributed by atoms with Crippen LogP contribution in [-0.4, -0.2) is 9.67 Å². The predicted molar refractivity (Wildman–Crippen MR) is 92.2 cm³/mol. The summed E-state index contributed by atoms with van der Waals surface area (Å²) >= 11 is 0. The van der Waals surface area contributed by atoms with Crippen LogP contribution in [0.5, 0.6) is 0 Å². The third-order valence-corrected chi connectivity index (χ3v) is 4.52. The van der Waals surface area contributed by atoms with Crippen molar-refractivity contribution in [3.63, 3.8) is 0 Å². The van der Waals surface area contributed by atoms with Gasteiger partial charge in [-0.1, -0.05) is 49.7 Å². The molecule has 3 aromatic rings. The van der Waals surface area contributed by atoms with Gasteiger partial charge in [0.2, 0.25) is 0 Å². The van der Waals surface area contributed by atoms with Crippen LogP contribution >= 0.6 is 0 Å². The van der Waals surface area contributed by atoms with Crippen LogP contribution < -0.4 is 0 Å². The van der Waals surface area contributed by atoms with Crippen molar-refractivity contribution in [2.24, 2.45) is 0 Å². The number of para-hydroxylation sites is 1. The molecule has 1 N–H and O–H groups in total. The quantitative estimate of drug-likeness (QED) is 0.737. The zero-order valence-corrected chi connectivity index (χ0v) is 13.2. The van der Waals surface area contributed by atoms with Gasteiger partial charge < -0.3 is 9.67 Å². The molecule has 0 spiro atoms. The molecule has 0 aliphatic rings. The molecule has 0 aliphatic heterocycles. The first kappa shape index (κ1) is 14.9. The zero-order valence-electron chi connectivity index (χ0n) is 13.2. The average Bonchev–Trinajstić information content (AvgIpc) is 2.95. The van der Waals surface area contributed by atoms with Crippen molar-refractivity contribution >= 4 is 10.9 Å². The van der Waals surface area contributed by atoms with E-state index in [9.17, 15) is 5.11 Å². The summed E-state index contributed by atoms with van der Waals surface area (Å²) in [7, 11) is 0. The van der Waals surface area contributed by atoms with E-state index in [0.29, 0.717) is 12.8 Å². The fourth-order valence-electron chi connectivity index (χ4n) is 2.97. The van der Waals surface area contributed by atoms with Crippen LogP contribution in [0.4, 0.5) is 0 Å². The van der Waals surface area contributed by atoms with Crippen molar-refractivity contribution in [1.29, 1.82) is 0 Å². The molecule has 2 nitrogen and oxygen atoms in total. The number of fused-ring (bicyclic) bond motifs is 1. The maximum atomic E-state index is 10.9. The monoisotopic (exact) mass is 292 g/mol. The summed E-state index contributed by atoms with van der Waals surface area (Å²) in [6, 6.07) is 16.7. The standard InChI is InChI=1S/C20H22NO/c1-4-20(22,5-2)18-14-21(16-12-10-15(3)11-13-16)19-9-7-6-8-17(18)19/h6-14,22H,1,4-5H2,2-3H3. The number of aliphatic hydroxyl groups is 1. The lowest BCUT2D eigenvalue weighted by molar-refractivity contribution is 0.0362. The Balaban J connectivity index is 2.26. The topological polar surface area (TPSA) is 25.2 Å². The number of rotatable bonds is 4. The largest absolute Gasteiger partial charge is 0.385 e. The fraction of sp³-hybridized carbons (Fsp3) is 0.250. The summed E-state index contributed by atoms with van der Waals surface area (Å²) in [5, 5.41) is 12.0. The molecular weight excluding hydrogens is 270 g/mol. The molecule has 1 radical (unpaired) electrons. The summed E-state index contributed by atoms with van der Waals surface area (Å²) in [4.78, 5) is 0. The maximum absolute atomic E-state index is 10.9. The van der Waals surface area contributed by atoms with E-state index in [1.807, 2.05) is 19.1 Å². The summed E-state index contributed by atoms with van der Waals surface area (Å²) in [5.41, 5.74) is 3.54. The Bertz CT molecular complexity index is 779. The highest BCUT2D eigenvalue weighted by atomic mass is 16.3. The highest BCUT2D eigenvalue weighted by Crippen LogP contribution is 2.36. The first-order valence-corrected chi connectivity index (χ1v) is 7.78. The normalized spacial score (nSPS) is 12.0. The highest BCUT2D eigenvalue weighted by Gasteiger charge is 2.29. The van der Waals surface area contributed by atoms with Crippen LogP contribution in [0.3, 0.4) is 0 Å². The van der Waals surface area contributed by atoms with Gasteiger partial charge in [-0.05, 0) is 38.0 Å². The molecule has 0 saturated carbocycles. The minimum Gasteiger partial charge on any atom is -0.385 e. The predicted octanol–water partition coefficient (Wildman–Crippen LogP) is 4.76. The van der Waals surface area contributed by atoms with Crippen LogP contribution in [0.2, 0.25) is 0 Å². The number of hydrogen-bond acceptors (Lipinski definition) is 1. The smallest absolute Gasteiger partial charge is 0.0914 e. The Labute approximate surface area is 132 Å². The molecule has 0 bridgehead atoms. The molecular formula is C20H22NO.